The fourth-order valence-electron chi connectivity index (χ4n) is 3.91. The molecule has 0 saturated carbocycles. The summed E-state index contributed by atoms with van der Waals surface area (Å²) in [5.41, 5.74) is -0.920. The third-order valence-electron chi connectivity index (χ3n) is 5.48. The standard InChI is InChI=1S/C23H28F3N3O3S/c1-14(2)12-29-21-19(20(31)28(4)22(29)32)16(13-27(3)9-10-30)18(33-21)11-15-7-5-6-8-17(15)23(24,25)26/h5-8,14,30H,9-13H2,1-4H3. The molecular formula is C23H28F3N3O3S. The Kier molecular flexibility index (Phi) is 7.50. The molecule has 0 saturated heterocycles. The zero-order valence-corrected chi connectivity index (χ0v) is 19.9. The number of fused-ring (bicyclic) bond motifs is 1. The zero-order chi connectivity index (χ0) is 24.5. The van der Waals surface area contributed by atoms with Crippen molar-refractivity contribution < 1.29 is 18.3 Å². The van der Waals surface area contributed by atoms with Crippen LogP contribution in [0.15, 0.2) is 33.9 Å². The van der Waals surface area contributed by atoms with Gasteiger partial charge in [0.05, 0.1) is 17.6 Å². The summed E-state index contributed by atoms with van der Waals surface area (Å²) in [6.45, 7) is 4.79. The van der Waals surface area contributed by atoms with Crippen LogP contribution in [0.4, 0.5) is 13.2 Å². The molecule has 33 heavy (non-hydrogen) atoms. The van der Waals surface area contributed by atoms with Gasteiger partial charge < -0.3 is 5.11 Å². The fourth-order valence-corrected chi connectivity index (χ4v) is 5.24. The molecule has 1 N–H and O–H groups in total. The molecule has 3 aromatic rings. The van der Waals surface area contributed by atoms with E-state index >= 15 is 0 Å². The van der Waals surface area contributed by atoms with Crippen LogP contribution in [-0.4, -0.2) is 39.3 Å². The van der Waals surface area contributed by atoms with Crippen LogP contribution in [0.2, 0.25) is 0 Å². The summed E-state index contributed by atoms with van der Waals surface area (Å²) in [6.07, 6.45) is -4.52. The molecule has 0 aliphatic carbocycles. The Morgan fingerprint density at radius 1 is 1.18 bits per heavy atom. The van der Waals surface area contributed by atoms with Gasteiger partial charge in [-0.05, 0) is 30.2 Å². The SMILES string of the molecule is CC(C)Cn1c(=O)n(C)c(=O)c2c(CN(C)CCO)c(Cc3ccccc3C(F)(F)F)sc21. The number of aromatic nitrogens is 2. The van der Waals surface area contributed by atoms with E-state index in [-0.39, 0.29) is 31.1 Å². The normalized spacial score (nSPS) is 12.4. The lowest BCUT2D eigenvalue weighted by molar-refractivity contribution is -0.138. The van der Waals surface area contributed by atoms with Crippen molar-refractivity contribution in [3.05, 3.63) is 66.7 Å². The van der Waals surface area contributed by atoms with Crippen molar-refractivity contribution in [3.8, 4) is 0 Å². The van der Waals surface area contributed by atoms with Crippen LogP contribution in [0.25, 0.3) is 10.2 Å². The number of hydrogen-bond donors (Lipinski definition) is 1. The van der Waals surface area contributed by atoms with Gasteiger partial charge in [0.1, 0.15) is 4.83 Å². The zero-order valence-electron chi connectivity index (χ0n) is 19.1. The number of likely N-dealkylation sites (N-methyl/N-ethyl adjacent to an activating group) is 1. The number of thiophene rings is 1. The minimum absolute atomic E-state index is 0.0175. The maximum absolute atomic E-state index is 13.6. The van der Waals surface area contributed by atoms with E-state index in [1.54, 1.807) is 22.6 Å². The Bertz CT molecular complexity index is 1260. The molecule has 6 nitrogen and oxygen atoms in total. The summed E-state index contributed by atoms with van der Waals surface area (Å²) in [4.78, 5) is 28.9. The first-order chi connectivity index (χ1) is 15.5. The van der Waals surface area contributed by atoms with Gasteiger partial charge in [0, 0.05) is 38.0 Å². The Morgan fingerprint density at radius 3 is 2.45 bits per heavy atom. The summed E-state index contributed by atoms with van der Waals surface area (Å²) in [7, 11) is 3.18. The van der Waals surface area contributed by atoms with Crippen molar-refractivity contribution in [2.75, 3.05) is 20.2 Å². The van der Waals surface area contributed by atoms with Crippen LogP contribution in [0.1, 0.15) is 35.4 Å². The number of benzene rings is 1. The van der Waals surface area contributed by atoms with E-state index in [2.05, 4.69) is 0 Å². The van der Waals surface area contributed by atoms with Crippen molar-refractivity contribution >= 4 is 21.6 Å². The van der Waals surface area contributed by atoms with Crippen LogP contribution < -0.4 is 11.2 Å². The molecule has 1 aromatic carbocycles. The molecule has 0 fully saturated rings. The van der Waals surface area contributed by atoms with Gasteiger partial charge in [-0.3, -0.25) is 18.8 Å². The molecule has 0 radical (unpaired) electrons. The third-order valence-corrected chi connectivity index (χ3v) is 6.74. The molecule has 2 aromatic heterocycles. The van der Waals surface area contributed by atoms with Crippen molar-refractivity contribution in [2.45, 2.75) is 39.5 Å². The predicted molar refractivity (Wildman–Crippen MR) is 124 cm³/mol. The number of halogens is 3. The summed E-state index contributed by atoms with van der Waals surface area (Å²) in [5, 5.41) is 9.67. The first kappa shape index (κ1) is 25.2. The highest BCUT2D eigenvalue weighted by molar-refractivity contribution is 7.18. The number of rotatable bonds is 8. The van der Waals surface area contributed by atoms with Gasteiger partial charge in [-0.15, -0.1) is 11.3 Å². The molecule has 0 aliphatic rings. The van der Waals surface area contributed by atoms with E-state index in [0.717, 1.165) is 10.6 Å². The molecule has 0 bridgehead atoms. The maximum Gasteiger partial charge on any atom is 0.416 e. The Morgan fingerprint density at radius 2 is 1.85 bits per heavy atom. The Balaban J connectivity index is 2.30. The topological polar surface area (TPSA) is 67.5 Å². The molecule has 0 amide bonds. The lowest BCUT2D eigenvalue weighted by atomic mass is 10.0. The first-order valence-electron chi connectivity index (χ1n) is 10.6. The van der Waals surface area contributed by atoms with E-state index in [0.29, 0.717) is 33.7 Å². The summed E-state index contributed by atoms with van der Waals surface area (Å²) in [6, 6.07) is 5.40. The van der Waals surface area contributed by atoms with Gasteiger partial charge >= 0.3 is 11.9 Å². The average Bonchev–Trinajstić information content (AvgIpc) is 3.07. The first-order valence-corrected chi connectivity index (χ1v) is 11.5. The lowest BCUT2D eigenvalue weighted by Crippen LogP contribution is -2.38. The number of aliphatic hydroxyl groups excluding tert-OH is 1. The van der Waals surface area contributed by atoms with E-state index in [4.69, 9.17) is 0 Å². The predicted octanol–water partition coefficient (Wildman–Crippen LogP) is 3.45. The largest absolute Gasteiger partial charge is 0.416 e. The number of alkyl halides is 3. The molecule has 0 atom stereocenters. The molecule has 10 heteroatoms. The summed E-state index contributed by atoms with van der Waals surface area (Å²) < 4.78 is 43.4. The Labute approximate surface area is 193 Å². The van der Waals surface area contributed by atoms with Crippen LogP contribution >= 0.6 is 11.3 Å². The maximum atomic E-state index is 13.6. The van der Waals surface area contributed by atoms with Gasteiger partial charge in [-0.2, -0.15) is 13.2 Å². The molecule has 0 aliphatic heterocycles. The van der Waals surface area contributed by atoms with E-state index < -0.39 is 23.0 Å². The van der Waals surface area contributed by atoms with Gasteiger partial charge in [0.2, 0.25) is 0 Å². The van der Waals surface area contributed by atoms with Crippen LogP contribution in [-0.2, 0) is 32.7 Å². The van der Waals surface area contributed by atoms with Gasteiger partial charge in [0.25, 0.3) is 5.56 Å². The van der Waals surface area contributed by atoms with Crippen LogP contribution in [0.5, 0.6) is 0 Å². The molecule has 180 valence electrons. The fraction of sp³-hybridized carbons (Fsp3) is 0.478. The van der Waals surface area contributed by atoms with Crippen molar-refractivity contribution in [2.24, 2.45) is 13.0 Å². The van der Waals surface area contributed by atoms with Crippen molar-refractivity contribution in [1.29, 1.82) is 0 Å². The minimum atomic E-state index is -4.50. The number of aliphatic hydroxyl groups is 1. The summed E-state index contributed by atoms with van der Waals surface area (Å²) in [5.74, 6) is 0.125. The molecule has 2 heterocycles. The highest BCUT2D eigenvalue weighted by atomic mass is 32.1. The highest BCUT2D eigenvalue weighted by Gasteiger charge is 2.33. The molecule has 3 rings (SSSR count). The van der Waals surface area contributed by atoms with Gasteiger partial charge in [-0.25, -0.2) is 4.79 Å². The van der Waals surface area contributed by atoms with E-state index in [9.17, 15) is 27.9 Å². The molecule has 0 spiro atoms. The number of hydrogen-bond acceptors (Lipinski definition) is 5. The van der Waals surface area contributed by atoms with Gasteiger partial charge in [0.15, 0.2) is 0 Å². The van der Waals surface area contributed by atoms with Gasteiger partial charge in [-0.1, -0.05) is 32.0 Å². The monoisotopic (exact) mass is 483 g/mol. The second-order valence-corrected chi connectivity index (χ2v) is 9.71. The molecular weight excluding hydrogens is 455 g/mol. The average molecular weight is 484 g/mol. The highest BCUT2D eigenvalue weighted by Crippen LogP contribution is 2.36. The number of nitrogens with zero attached hydrogens (tertiary/aromatic N) is 3. The van der Waals surface area contributed by atoms with Crippen molar-refractivity contribution in [1.82, 2.24) is 14.0 Å². The van der Waals surface area contributed by atoms with E-state index in [1.807, 2.05) is 13.8 Å². The van der Waals surface area contributed by atoms with Crippen molar-refractivity contribution in [3.63, 3.8) is 0 Å². The van der Waals surface area contributed by atoms with Crippen LogP contribution in [0, 0.1) is 5.92 Å². The second-order valence-electron chi connectivity index (χ2n) is 8.63. The summed E-state index contributed by atoms with van der Waals surface area (Å²) >= 11 is 1.20. The minimum Gasteiger partial charge on any atom is -0.395 e. The quantitative estimate of drug-likeness (QED) is 0.533. The smallest absolute Gasteiger partial charge is 0.395 e. The Hall–Kier alpha value is -2.43. The van der Waals surface area contributed by atoms with Crippen LogP contribution in [0.3, 0.4) is 0 Å². The van der Waals surface area contributed by atoms with E-state index in [1.165, 1.54) is 30.5 Å². The third kappa shape index (κ3) is 5.23. The second kappa shape index (κ2) is 9.82. The lowest BCUT2D eigenvalue weighted by Gasteiger charge is -2.17. The molecule has 0 unspecified atom stereocenters.